The average Bonchev–Trinajstić information content (AvgIpc) is 2.38. The lowest BCUT2D eigenvalue weighted by Crippen LogP contribution is -2.34. The van der Waals surface area contributed by atoms with E-state index in [1.54, 1.807) is 0 Å². The third-order valence-electron chi connectivity index (χ3n) is 3.40. The smallest absolute Gasteiger partial charge is 0.155 e. The van der Waals surface area contributed by atoms with Crippen molar-refractivity contribution < 1.29 is 8.42 Å². The molecule has 1 fully saturated rings. The van der Waals surface area contributed by atoms with Crippen molar-refractivity contribution in [1.82, 2.24) is 4.90 Å². The van der Waals surface area contributed by atoms with E-state index in [9.17, 15) is 8.42 Å². The van der Waals surface area contributed by atoms with Crippen molar-refractivity contribution in [2.24, 2.45) is 0 Å². The molecule has 0 unspecified atom stereocenters. The van der Waals surface area contributed by atoms with Gasteiger partial charge >= 0.3 is 0 Å². The minimum absolute atomic E-state index is 0. The van der Waals surface area contributed by atoms with Gasteiger partial charge in [-0.2, -0.15) is 0 Å². The zero-order valence-electron chi connectivity index (χ0n) is 11.1. The summed E-state index contributed by atoms with van der Waals surface area (Å²) in [6.07, 6.45) is 3.70. The Morgan fingerprint density at radius 1 is 1.00 bits per heavy atom. The summed E-state index contributed by atoms with van der Waals surface area (Å²) in [7, 11) is -2.98. The lowest BCUT2D eigenvalue weighted by Gasteiger charge is -2.26. The molecule has 1 aliphatic rings. The maximum absolute atomic E-state index is 12.0. The Morgan fingerprint density at radius 2 is 1.63 bits per heavy atom. The van der Waals surface area contributed by atoms with Crippen LogP contribution in [0.4, 0.5) is 0 Å². The first kappa shape index (κ1) is 16.5. The number of sulfone groups is 1. The van der Waals surface area contributed by atoms with Crippen LogP contribution in [0.1, 0.15) is 24.8 Å². The zero-order valence-corrected chi connectivity index (χ0v) is 12.8. The summed E-state index contributed by atoms with van der Waals surface area (Å²) in [5.74, 6) is 0.448. The summed E-state index contributed by atoms with van der Waals surface area (Å²) in [5, 5.41) is 0. The SMILES string of the molecule is Cl.O=S(=O)(CCN1CCCCC1)Cc1ccccc1. The summed E-state index contributed by atoms with van der Waals surface area (Å²) in [5.41, 5.74) is 0.885. The first-order valence-electron chi connectivity index (χ1n) is 6.62. The van der Waals surface area contributed by atoms with Crippen LogP contribution >= 0.6 is 12.4 Å². The molecule has 0 atom stereocenters. The summed E-state index contributed by atoms with van der Waals surface area (Å²) >= 11 is 0. The Hall–Kier alpha value is -0.580. The van der Waals surface area contributed by atoms with E-state index in [4.69, 9.17) is 0 Å². The van der Waals surface area contributed by atoms with Gasteiger partial charge in [-0.1, -0.05) is 36.8 Å². The van der Waals surface area contributed by atoms with Gasteiger partial charge in [-0.3, -0.25) is 0 Å². The molecule has 1 aliphatic heterocycles. The van der Waals surface area contributed by atoms with E-state index in [0.717, 1.165) is 18.7 Å². The van der Waals surface area contributed by atoms with E-state index in [1.165, 1.54) is 19.3 Å². The number of likely N-dealkylation sites (tertiary alicyclic amines) is 1. The van der Waals surface area contributed by atoms with Gasteiger partial charge in [0.1, 0.15) is 0 Å². The molecule has 108 valence electrons. The number of hydrogen-bond donors (Lipinski definition) is 0. The number of benzene rings is 1. The van der Waals surface area contributed by atoms with Gasteiger partial charge in [0, 0.05) is 6.54 Å². The van der Waals surface area contributed by atoms with Crippen molar-refractivity contribution in [3.05, 3.63) is 35.9 Å². The molecule has 1 aromatic carbocycles. The Kier molecular flexibility index (Phi) is 6.83. The zero-order chi connectivity index (χ0) is 12.8. The Morgan fingerprint density at radius 3 is 2.26 bits per heavy atom. The lowest BCUT2D eigenvalue weighted by molar-refractivity contribution is 0.241. The van der Waals surface area contributed by atoms with Crippen molar-refractivity contribution >= 4 is 22.2 Å². The fourth-order valence-electron chi connectivity index (χ4n) is 2.35. The quantitative estimate of drug-likeness (QED) is 0.839. The molecule has 0 spiro atoms. The van der Waals surface area contributed by atoms with E-state index in [1.807, 2.05) is 30.3 Å². The molecule has 0 bridgehead atoms. The predicted molar refractivity (Wildman–Crippen MR) is 81.5 cm³/mol. The predicted octanol–water partition coefficient (Wildman–Crippen LogP) is 2.51. The molecule has 19 heavy (non-hydrogen) atoms. The summed E-state index contributed by atoms with van der Waals surface area (Å²) in [6, 6.07) is 9.42. The van der Waals surface area contributed by atoms with Crippen molar-refractivity contribution in [1.29, 1.82) is 0 Å². The summed E-state index contributed by atoms with van der Waals surface area (Å²) in [4.78, 5) is 2.27. The Bertz CT molecular complexity index is 456. The van der Waals surface area contributed by atoms with Gasteiger partial charge in [0.25, 0.3) is 0 Å². The van der Waals surface area contributed by atoms with Crippen LogP contribution in [0.3, 0.4) is 0 Å². The monoisotopic (exact) mass is 303 g/mol. The van der Waals surface area contributed by atoms with Gasteiger partial charge < -0.3 is 4.90 Å². The molecule has 0 aliphatic carbocycles. The Labute approximate surface area is 122 Å². The number of hydrogen-bond acceptors (Lipinski definition) is 3. The first-order valence-corrected chi connectivity index (χ1v) is 8.44. The summed E-state index contributed by atoms with van der Waals surface area (Å²) < 4.78 is 24.0. The molecule has 0 amide bonds. The fourth-order valence-corrected chi connectivity index (χ4v) is 3.73. The van der Waals surface area contributed by atoms with E-state index >= 15 is 0 Å². The first-order chi connectivity index (χ1) is 8.66. The van der Waals surface area contributed by atoms with Crippen molar-refractivity contribution in [3.63, 3.8) is 0 Å². The van der Waals surface area contributed by atoms with Crippen LogP contribution in [-0.4, -0.2) is 38.7 Å². The molecule has 2 rings (SSSR count). The molecular formula is C14H22ClNO2S. The van der Waals surface area contributed by atoms with Crippen LogP contribution in [0.2, 0.25) is 0 Å². The van der Waals surface area contributed by atoms with Gasteiger partial charge in [-0.25, -0.2) is 8.42 Å². The summed E-state index contributed by atoms with van der Waals surface area (Å²) in [6.45, 7) is 2.80. The highest BCUT2D eigenvalue weighted by atomic mass is 35.5. The fraction of sp³-hybridized carbons (Fsp3) is 0.571. The highest BCUT2D eigenvalue weighted by Gasteiger charge is 2.16. The van der Waals surface area contributed by atoms with E-state index < -0.39 is 9.84 Å². The normalized spacial score (nSPS) is 16.8. The largest absolute Gasteiger partial charge is 0.302 e. The van der Waals surface area contributed by atoms with Gasteiger partial charge in [-0.05, 0) is 31.5 Å². The maximum Gasteiger partial charge on any atom is 0.155 e. The molecule has 3 nitrogen and oxygen atoms in total. The molecule has 0 saturated carbocycles. The minimum atomic E-state index is -2.98. The Balaban J connectivity index is 0.00000180. The lowest BCUT2D eigenvalue weighted by atomic mass is 10.1. The van der Waals surface area contributed by atoms with Crippen LogP contribution < -0.4 is 0 Å². The molecular weight excluding hydrogens is 282 g/mol. The number of rotatable bonds is 5. The number of nitrogens with zero attached hydrogens (tertiary/aromatic N) is 1. The number of piperidine rings is 1. The molecule has 0 radical (unpaired) electrons. The molecule has 1 heterocycles. The van der Waals surface area contributed by atoms with Crippen molar-refractivity contribution in [3.8, 4) is 0 Å². The third kappa shape index (κ3) is 5.93. The highest BCUT2D eigenvalue weighted by Crippen LogP contribution is 2.10. The second kappa shape index (κ2) is 7.88. The maximum atomic E-state index is 12.0. The van der Waals surface area contributed by atoms with Crippen LogP contribution in [0.15, 0.2) is 30.3 Å². The van der Waals surface area contributed by atoms with Gasteiger partial charge in [0.05, 0.1) is 11.5 Å². The van der Waals surface area contributed by atoms with Crippen molar-refractivity contribution in [2.45, 2.75) is 25.0 Å². The molecule has 1 saturated heterocycles. The molecule has 5 heteroatoms. The van der Waals surface area contributed by atoms with Crippen LogP contribution in [0.5, 0.6) is 0 Å². The van der Waals surface area contributed by atoms with Gasteiger partial charge in [0.15, 0.2) is 9.84 Å². The number of halogens is 1. The highest BCUT2D eigenvalue weighted by molar-refractivity contribution is 7.90. The van der Waals surface area contributed by atoms with Gasteiger partial charge in [-0.15, -0.1) is 12.4 Å². The average molecular weight is 304 g/mol. The topological polar surface area (TPSA) is 37.4 Å². The van der Waals surface area contributed by atoms with Crippen LogP contribution in [-0.2, 0) is 15.6 Å². The van der Waals surface area contributed by atoms with Crippen LogP contribution in [0.25, 0.3) is 0 Å². The minimum Gasteiger partial charge on any atom is -0.302 e. The molecule has 1 aromatic rings. The molecule has 0 aromatic heterocycles. The van der Waals surface area contributed by atoms with Gasteiger partial charge in [0.2, 0.25) is 0 Å². The molecule has 0 N–H and O–H groups in total. The second-order valence-corrected chi connectivity index (χ2v) is 7.16. The van der Waals surface area contributed by atoms with E-state index in [0.29, 0.717) is 6.54 Å². The van der Waals surface area contributed by atoms with E-state index in [-0.39, 0.29) is 23.9 Å². The van der Waals surface area contributed by atoms with E-state index in [2.05, 4.69) is 4.90 Å². The van der Waals surface area contributed by atoms with Crippen LogP contribution in [0, 0.1) is 0 Å². The second-order valence-electron chi connectivity index (χ2n) is 4.98. The third-order valence-corrected chi connectivity index (χ3v) is 4.97. The standard InChI is InChI=1S/C14H21NO2S.ClH/c16-18(17,13-14-7-3-1-4-8-14)12-11-15-9-5-2-6-10-15;/h1,3-4,7-8H,2,5-6,9-13H2;1H. The van der Waals surface area contributed by atoms with Crippen molar-refractivity contribution in [2.75, 3.05) is 25.4 Å².